The van der Waals surface area contributed by atoms with Crippen molar-refractivity contribution in [3.8, 4) is 0 Å². The van der Waals surface area contributed by atoms with Crippen molar-refractivity contribution in [3.63, 3.8) is 0 Å². The Kier molecular flexibility index (Phi) is 12.3. The van der Waals surface area contributed by atoms with E-state index in [1.54, 1.807) is 92.6 Å². The third-order valence-electron chi connectivity index (χ3n) is 5.44. The molecule has 0 fully saturated rings. The van der Waals surface area contributed by atoms with Crippen LogP contribution in [0.3, 0.4) is 0 Å². The van der Waals surface area contributed by atoms with Gasteiger partial charge in [-0.1, -0.05) is 42.5 Å². The topological polar surface area (TPSA) is 155 Å². The van der Waals surface area contributed by atoms with Crippen molar-refractivity contribution in [1.29, 1.82) is 0 Å². The number of carbonyl (C=O) groups is 4. The summed E-state index contributed by atoms with van der Waals surface area (Å²) in [4.78, 5) is 51.9. The van der Waals surface area contributed by atoms with E-state index in [-0.39, 0.29) is 17.7 Å². The van der Waals surface area contributed by atoms with E-state index in [0.29, 0.717) is 9.87 Å². The molecule has 0 aliphatic heterocycles. The predicted octanol–water partition coefficient (Wildman–Crippen LogP) is 5.06. The summed E-state index contributed by atoms with van der Waals surface area (Å²) in [6.45, 7) is 13.9. The molecule has 13 heteroatoms. The normalized spacial score (nSPS) is 13.0. The molecule has 1 amide bonds. The molecule has 1 unspecified atom stereocenters. The van der Waals surface area contributed by atoms with Gasteiger partial charge in [0.25, 0.3) is 0 Å². The van der Waals surface area contributed by atoms with Crippen LogP contribution in [0.25, 0.3) is 0 Å². The zero-order valence-corrected chi connectivity index (χ0v) is 28.1. The standard InChI is InChI=1S/C32H44N2O10S/c1-30(2,3)42-26(35)19-25(28(37)44-32(7,8)9)34(20-23-16-13-17-24(18-23)27(36)43-31(4,5)6)45(39,40)33-29(38)41-21-22-14-11-10-12-15-22/h10-18,25H,19-21H2,1-9H3,(H,33,38). The summed E-state index contributed by atoms with van der Waals surface area (Å²) < 4.78 is 51.5. The van der Waals surface area contributed by atoms with E-state index in [9.17, 15) is 27.6 Å². The van der Waals surface area contributed by atoms with Crippen molar-refractivity contribution in [2.24, 2.45) is 0 Å². The molecule has 2 rings (SSSR count). The summed E-state index contributed by atoms with van der Waals surface area (Å²) in [5.41, 5.74) is -1.81. The molecule has 0 radical (unpaired) electrons. The number of nitrogens with one attached hydrogen (secondary N) is 1. The first-order valence-electron chi connectivity index (χ1n) is 14.3. The smallest absolute Gasteiger partial charge is 0.422 e. The van der Waals surface area contributed by atoms with Gasteiger partial charge in [-0.05, 0) is 85.6 Å². The summed E-state index contributed by atoms with van der Waals surface area (Å²) in [6.07, 6.45) is -2.05. The Bertz CT molecular complexity index is 1450. The molecule has 0 spiro atoms. The number of benzene rings is 2. The van der Waals surface area contributed by atoms with Crippen molar-refractivity contribution in [1.82, 2.24) is 9.03 Å². The maximum atomic E-state index is 13.8. The second-order valence-corrected chi connectivity index (χ2v) is 14.9. The zero-order valence-electron chi connectivity index (χ0n) is 27.3. The fourth-order valence-corrected chi connectivity index (χ4v) is 5.01. The van der Waals surface area contributed by atoms with Crippen LogP contribution in [0.15, 0.2) is 54.6 Å². The second-order valence-electron chi connectivity index (χ2n) is 13.3. The van der Waals surface area contributed by atoms with Gasteiger partial charge in [0, 0.05) is 6.54 Å². The van der Waals surface area contributed by atoms with Gasteiger partial charge in [0.15, 0.2) is 0 Å². The van der Waals surface area contributed by atoms with Gasteiger partial charge in [0.2, 0.25) is 0 Å². The zero-order chi connectivity index (χ0) is 34.2. The number of hydrogen-bond donors (Lipinski definition) is 1. The van der Waals surface area contributed by atoms with Crippen molar-refractivity contribution in [3.05, 3.63) is 71.3 Å². The number of esters is 3. The largest absolute Gasteiger partial charge is 0.460 e. The predicted molar refractivity (Wildman–Crippen MR) is 166 cm³/mol. The minimum atomic E-state index is -4.89. The fraction of sp³-hybridized carbons (Fsp3) is 0.500. The number of rotatable bonds is 11. The first-order chi connectivity index (χ1) is 20.5. The first-order valence-corrected chi connectivity index (χ1v) is 15.8. The number of ether oxygens (including phenoxy) is 4. The van der Waals surface area contributed by atoms with E-state index in [4.69, 9.17) is 18.9 Å². The summed E-state index contributed by atoms with van der Waals surface area (Å²) in [6, 6.07) is 12.7. The summed E-state index contributed by atoms with van der Waals surface area (Å²) in [5, 5.41) is 0. The molecule has 248 valence electrons. The van der Waals surface area contributed by atoms with E-state index in [0.717, 1.165) is 0 Å². The van der Waals surface area contributed by atoms with Crippen LogP contribution < -0.4 is 4.72 Å². The van der Waals surface area contributed by atoms with Gasteiger partial charge in [-0.3, -0.25) is 9.59 Å². The lowest BCUT2D eigenvalue weighted by atomic mass is 10.1. The minimum Gasteiger partial charge on any atom is -0.460 e. The molecular weight excluding hydrogens is 604 g/mol. The average molecular weight is 649 g/mol. The van der Waals surface area contributed by atoms with Crippen LogP contribution in [-0.2, 0) is 51.9 Å². The molecule has 0 saturated carbocycles. The van der Waals surface area contributed by atoms with E-state index in [2.05, 4.69) is 0 Å². The molecule has 0 aliphatic rings. The van der Waals surface area contributed by atoms with Gasteiger partial charge >= 0.3 is 34.2 Å². The number of nitrogens with zero attached hydrogens (tertiary/aromatic N) is 1. The van der Waals surface area contributed by atoms with Gasteiger partial charge in [0.05, 0.1) is 12.0 Å². The van der Waals surface area contributed by atoms with E-state index < -0.39 is 70.0 Å². The molecule has 2 aromatic carbocycles. The minimum absolute atomic E-state index is 0.121. The molecular formula is C32H44N2O10S. The highest BCUT2D eigenvalue weighted by atomic mass is 32.2. The number of hydrogen-bond acceptors (Lipinski definition) is 10. The van der Waals surface area contributed by atoms with Crippen LogP contribution in [0.2, 0.25) is 0 Å². The second kappa shape index (κ2) is 14.9. The van der Waals surface area contributed by atoms with Crippen molar-refractivity contribution < 1.29 is 46.5 Å². The Balaban J connectivity index is 2.54. The molecule has 0 aliphatic carbocycles. The molecule has 2 aromatic rings. The average Bonchev–Trinajstić information content (AvgIpc) is 2.87. The van der Waals surface area contributed by atoms with Crippen molar-refractivity contribution >= 4 is 34.2 Å². The quantitative estimate of drug-likeness (QED) is 0.258. The van der Waals surface area contributed by atoms with Crippen LogP contribution in [0.5, 0.6) is 0 Å². The summed E-state index contributed by atoms with van der Waals surface area (Å²) in [7, 11) is -4.89. The van der Waals surface area contributed by atoms with Gasteiger partial charge in [-0.15, -0.1) is 0 Å². The Labute approximate surface area is 265 Å². The van der Waals surface area contributed by atoms with Crippen LogP contribution >= 0.6 is 0 Å². The van der Waals surface area contributed by atoms with Crippen molar-refractivity contribution in [2.75, 3.05) is 0 Å². The molecule has 12 nitrogen and oxygen atoms in total. The third-order valence-corrected chi connectivity index (χ3v) is 6.87. The first kappa shape index (κ1) is 37.2. The summed E-state index contributed by atoms with van der Waals surface area (Å²) >= 11 is 0. The fourth-order valence-electron chi connectivity index (χ4n) is 3.81. The van der Waals surface area contributed by atoms with Gasteiger partial charge in [-0.25, -0.2) is 14.3 Å². The van der Waals surface area contributed by atoms with Crippen LogP contribution in [-0.4, -0.2) is 59.6 Å². The van der Waals surface area contributed by atoms with E-state index in [1.165, 1.54) is 24.3 Å². The number of carbonyl (C=O) groups excluding carboxylic acids is 4. The van der Waals surface area contributed by atoms with Crippen LogP contribution in [0.4, 0.5) is 4.79 Å². The van der Waals surface area contributed by atoms with Crippen LogP contribution in [0.1, 0.15) is 90.2 Å². The molecule has 0 aromatic heterocycles. The number of amides is 1. The molecule has 0 saturated heterocycles. The highest BCUT2D eigenvalue weighted by Crippen LogP contribution is 2.23. The van der Waals surface area contributed by atoms with Gasteiger partial charge < -0.3 is 18.9 Å². The lowest BCUT2D eigenvalue weighted by Gasteiger charge is -2.32. The Hall–Kier alpha value is -3.97. The van der Waals surface area contributed by atoms with Gasteiger partial charge in [-0.2, -0.15) is 12.7 Å². The Morgan fingerprint density at radius 3 is 1.87 bits per heavy atom. The van der Waals surface area contributed by atoms with Crippen molar-refractivity contribution in [2.45, 2.75) is 105 Å². The third kappa shape index (κ3) is 13.7. The summed E-state index contributed by atoms with van der Waals surface area (Å²) in [5.74, 6) is -2.59. The Morgan fingerprint density at radius 1 is 0.756 bits per heavy atom. The highest BCUT2D eigenvalue weighted by molar-refractivity contribution is 7.87. The SMILES string of the molecule is CC(C)(C)OC(=O)CC(C(=O)OC(C)(C)C)N(Cc1cccc(C(=O)OC(C)(C)C)c1)S(=O)(=O)NC(=O)OCc1ccccc1. The van der Waals surface area contributed by atoms with Crippen LogP contribution in [0, 0.1) is 0 Å². The maximum Gasteiger partial charge on any atom is 0.422 e. The highest BCUT2D eigenvalue weighted by Gasteiger charge is 2.41. The van der Waals surface area contributed by atoms with E-state index >= 15 is 0 Å². The molecule has 0 heterocycles. The monoisotopic (exact) mass is 648 g/mol. The lowest BCUT2D eigenvalue weighted by molar-refractivity contribution is -0.167. The maximum absolute atomic E-state index is 13.8. The Morgan fingerprint density at radius 2 is 1.31 bits per heavy atom. The van der Waals surface area contributed by atoms with E-state index in [1.807, 2.05) is 4.72 Å². The molecule has 1 atom stereocenters. The lowest BCUT2D eigenvalue weighted by Crippen LogP contribution is -2.53. The molecule has 45 heavy (non-hydrogen) atoms. The van der Waals surface area contributed by atoms with Gasteiger partial charge in [0.1, 0.15) is 29.5 Å². The molecule has 0 bridgehead atoms. The molecule has 1 N–H and O–H groups in total.